The maximum atomic E-state index is 11.0. The Hall–Kier alpha value is -1.84. The molecule has 4 heteroatoms. The lowest BCUT2D eigenvalue weighted by molar-refractivity contribution is -0.131. The number of hydrogen-bond donors (Lipinski definition) is 1. The Labute approximate surface area is 80.1 Å². The molecule has 0 spiro atoms. The summed E-state index contributed by atoms with van der Waals surface area (Å²) in [5, 5.41) is 8.92. The van der Waals surface area contributed by atoms with Crippen molar-refractivity contribution in [3.05, 3.63) is 28.8 Å². The van der Waals surface area contributed by atoms with Crippen molar-refractivity contribution in [1.29, 1.82) is 0 Å². The first-order valence-corrected chi connectivity index (χ1v) is 4.16. The lowest BCUT2D eigenvalue weighted by Crippen LogP contribution is -2.05. The van der Waals surface area contributed by atoms with Crippen LogP contribution in [0.1, 0.15) is 21.5 Å². The van der Waals surface area contributed by atoms with E-state index >= 15 is 0 Å². The second-order valence-corrected chi connectivity index (χ2v) is 3.20. The first-order valence-electron chi connectivity index (χ1n) is 4.16. The molecular formula is C10H8O4. The summed E-state index contributed by atoms with van der Waals surface area (Å²) in [7, 11) is 0. The lowest BCUT2D eigenvalue weighted by atomic mass is 10.0. The van der Waals surface area contributed by atoms with Gasteiger partial charge in [0.2, 0.25) is 0 Å². The number of ether oxygens (including phenoxy) is 1. The molecular weight excluding hydrogens is 184 g/mol. The van der Waals surface area contributed by atoms with Gasteiger partial charge in [-0.15, -0.1) is 0 Å². The van der Waals surface area contributed by atoms with Crippen LogP contribution in [0.15, 0.2) is 12.1 Å². The Bertz CT molecular complexity index is 434. The fourth-order valence-corrected chi connectivity index (χ4v) is 1.55. The van der Waals surface area contributed by atoms with E-state index in [4.69, 9.17) is 9.84 Å². The molecule has 1 aromatic rings. The highest BCUT2D eigenvalue weighted by Gasteiger charge is 2.27. The van der Waals surface area contributed by atoms with Crippen LogP contribution in [-0.2, 0) is 11.2 Å². The van der Waals surface area contributed by atoms with E-state index in [2.05, 4.69) is 0 Å². The zero-order valence-electron chi connectivity index (χ0n) is 7.53. The number of esters is 1. The van der Waals surface area contributed by atoms with Crippen molar-refractivity contribution >= 4 is 11.9 Å². The number of carboxylic acid groups (broad SMARTS) is 1. The summed E-state index contributed by atoms with van der Waals surface area (Å²) in [6.45, 7) is 1.68. The molecule has 0 saturated heterocycles. The normalized spacial score (nSPS) is 13.6. The molecule has 0 saturated carbocycles. The van der Waals surface area contributed by atoms with Crippen molar-refractivity contribution in [2.24, 2.45) is 0 Å². The van der Waals surface area contributed by atoms with Crippen molar-refractivity contribution in [1.82, 2.24) is 0 Å². The van der Waals surface area contributed by atoms with Crippen molar-refractivity contribution < 1.29 is 19.4 Å². The Morgan fingerprint density at radius 3 is 2.86 bits per heavy atom. The molecule has 0 atom stereocenters. The van der Waals surface area contributed by atoms with Crippen molar-refractivity contribution in [3.8, 4) is 5.75 Å². The molecule has 0 fully saturated rings. The number of carbonyl (C=O) groups is 2. The molecule has 0 unspecified atom stereocenters. The zero-order chi connectivity index (χ0) is 10.3. The van der Waals surface area contributed by atoms with Gasteiger partial charge >= 0.3 is 11.9 Å². The van der Waals surface area contributed by atoms with Crippen LogP contribution >= 0.6 is 0 Å². The molecule has 0 amide bonds. The standard InChI is InChI=1S/C10H8O4/c1-5-2-3-6-4-7(11)14-9(6)8(5)10(12)13/h2-3H,4H2,1H3,(H,12,13). The fraction of sp³-hybridized carbons (Fsp3) is 0.200. The first-order chi connectivity index (χ1) is 6.59. The van der Waals surface area contributed by atoms with E-state index < -0.39 is 11.9 Å². The third kappa shape index (κ3) is 1.16. The number of carbonyl (C=O) groups excluding carboxylic acids is 1. The summed E-state index contributed by atoms with van der Waals surface area (Å²) in [6, 6.07) is 3.41. The highest BCUT2D eigenvalue weighted by molar-refractivity contribution is 5.96. The number of aryl methyl sites for hydroxylation is 1. The summed E-state index contributed by atoms with van der Waals surface area (Å²) in [6.07, 6.45) is 0.163. The fourth-order valence-electron chi connectivity index (χ4n) is 1.55. The number of benzene rings is 1. The van der Waals surface area contributed by atoms with Crippen molar-refractivity contribution in [3.63, 3.8) is 0 Å². The van der Waals surface area contributed by atoms with Crippen LogP contribution in [0.2, 0.25) is 0 Å². The van der Waals surface area contributed by atoms with Gasteiger partial charge in [0.05, 0.1) is 6.42 Å². The molecule has 2 rings (SSSR count). The van der Waals surface area contributed by atoms with Gasteiger partial charge in [-0.1, -0.05) is 12.1 Å². The van der Waals surface area contributed by atoms with Crippen LogP contribution in [0.4, 0.5) is 0 Å². The van der Waals surface area contributed by atoms with Crippen molar-refractivity contribution in [2.75, 3.05) is 0 Å². The predicted molar refractivity (Wildman–Crippen MR) is 47.5 cm³/mol. The maximum Gasteiger partial charge on any atom is 0.339 e. The van der Waals surface area contributed by atoms with Crippen LogP contribution in [0.5, 0.6) is 5.75 Å². The van der Waals surface area contributed by atoms with E-state index in [1.54, 1.807) is 19.1 Å². The van der Waals surface area contributed by atoms with Gasteiger partial charge in [0.15, 0.2) is 0 Å². The highest BCUT2D eigenvalue weighted by atomic mass is 16.5. The Balaban J connectivity index is 2.65. The van der Waals surface area contributed by atoms with Crippen LogP contribution < -0.4 is 4.74 Å². The van der Waals surface area contributed by atoms with Crippen LogP contribution in [-0.4, -0.2) is 17.0 Å². The summed E-state index contributed by atoms with van der Waals surface area (Å²) in [4.78, 5) is 21.9. The average molecular weight is 192 g/mol. The number of aromatic carboxylic acids is 1. The minimum Gasteiger partial charge on any atom is -0.478 e. The molecule has 4 nitrogen and oxygen atoms in total. The zero-order valence-corrected chi connectivity index (χ0v) is 7.53. The predicted octanol–water partition coefficient (Wildman–Crippen LogP) is 1.15. The van der Waals surface area contributed by atoms with Gasteiger partial charge in [0.1, 0.15) is 11.3 Å². The first kappa shape index (κ1) is 8.74. The minimum atomic E-state index is -1.06. The third-order valence-electron chi connectivity index (χ3n) is 2.21. The van der Waals surface area contributed by atoms with E-state index in [9.17, 15) is 9.59 Å². The van der Waals surface area contributed by atoms with Gasteiger partial charge in [-0.05, 0) is 12.5 Å². The molecule has 1 aliphatic heterocycles. The van der Waals surface area contributed by atoms with Crippen LogP contribution in [0.3, 0.4) is 0 Å². The SMILES string of the molecule is Cc1ccc2c(c1C(=O)O)OC(=O)C2. The van der Waals surface area contributed by atoms with Gasteiger partial charge in [0, 0.05) is 5.56 Å². The number of fused-ring (bicyclic) bond motifs is 1. The Morgan fingerprint density at radius 2 is 2.21 bits per heavy atom. The second-order valence-electron chi connectivity index (χ2n) is 3.20. The Kier molecular flexibility index (Phi) is 1.77. The van der Waals surface area contributed by atoms with E-state index in [0.29, 0.717) is 11.1 Å². The summed E-state index contributed by atoms with van der Waals surface area (Å²) >= 11 is 0. The third-order valence-corrected chi connectivity index (χ3v) is 2.21. The summed E-state index contributed by atoms with van der Waals surface area (Å²) in [5.41, 5.74) is 1.34. The largest absolute Gasteiger partial charge is 0.478 e. The van der Waals surface area contributed by atoms with E-state index in [1.807, 2.05) is 0 Å². The van der Waals surface area contributed by atoms with E-state index in [0.717, 1.165) is 0 Å². The lowest BCUT2D eigenvalue weighted by Gasteiger charge is -2.05. The van der Waals surface area contributed by atoms with Gasteiger partial charge in [-0.25, -0.2) is 4.79 Å². The maximum absolute atomic E-state index is 11.0. The molecule has 0 radical (unpaired) electrons. The van der Waals surface area contributed by atoms with Crippen LogP contribution in [0, 0.1) is 6.92 Å². The molecule has 1 aliphatic rings. The highest BCUT2D eigenvalue weighted by Crippen LogP contribution is 2.32. The van der Waals surface area contributed by atoms with Crippen molar-refractivity contribution in [2.45, 2.75) is 13.3 Å². The van der Waals surface area contributed by atoms with Crippen LogP contribution in [0.25, 0.3) is 0 Å². The monoisotopic (exact) mass is 192 g/mol. The van der Waals surface area contributed by atoms with E-state index in [1.165, 1.54) is 0 Å². The Morgan fingerprint density at radius 1 is 1.50 bits per heavy atom. The molecule has 0 aromatic heterocycles. The van der Waals surface area contributed by atoms with Gasteiger partial charge < -0.3 is 9.84 Å². The average Bonchev–Trinajstić information content (AvgIpc) is 2.43. The molecule has 0 bridgehead atoms. The quantitative estimate of drug-likeness (QED) is 0.535. The molecule has 14 heavy (non-hydrogen) atoms. The van der Waals surface area contributed by atoms with E-state index in [-0.39, 0.29) is 17.7 Å². The van der Waals surface area contributed by atoms with Gasteiger partial charge in [0.25, 0.3) is 0 Å². The van der Waals surface area contributed by atoms with Gasteiger partial charge in [-0.3, -0.25) is 4.79 Å². The molecule has 1 aromatic carbocycles. The summed E-state index contributed by atoms with van der Waals surface area (Å²) in [5.74, 6) is -1.25. The molecule has 1 N–H and O–H groups in total. The van der Waals surface area contributed by atoms with Gasteiger partial charge in [-0.2, -0.15) is 0 Å². The number of carboxylic acids is 1. The smallest absolute Gasteiger partial charge is 0.339 e. The number of rotatable bonds is 1. The molecule has 0 aliphatic carbocycles. The topological polar surface area (TPSA) is 63.6 Å². The number of hydrogen-bond acceptors (Lipinski definition) is 3. The molecule has 1 heterocycles. The second kappa shape index (κ2) is 2.83. The summed E-state index contributed by atoms with van der Waals surface area (Å²) < 4.78 is 4.86. The minimum absolute atomic E-state index is 0.0911. The molecule has 72 valence electrons.